The van der Waals surface area contributed by atoms with Crippen LogP contribution in [0.1, 0.15) is 34.4 Å². The summed E-state index contributed by atoms with van der Waals surface area (Å²) in [5, 5.41) is 4.21. The van der Waals surface area contributed by atoms with Gasteiger partial charge in [-0.25, -0.2) is 14.3 Å². The molecular weight excluding hydrogens is 218 g/mol. The van der Waals surface area contributed by atoms with Gasteiger partial charge in [0, 0.05) is 17.5 Å². The number of nitrogens with zero attached hydrogens (tertiary/aromatic N) is 3. The number of carbonyl (C=O) groups excluding carboxylic acids is 1. The smallest absolute Gasteiger partial charge is 0.358 e. The molecule has 0 unspecified atom stereocenters. The Morgan fingerprint density at radius 3 is 2.76 bits per heavy atom. The van der Waals surface area contributed by atoms with E-state index in [0.29, 0.717) is 17.9 Å². The predicted octanol–water partition coefficient (Wildman–Crippen LogP) is 1.83. The van der Waals surface area contributed by atoms with Crippen LogP contribution in [0.15, 0.2) is 6.07 Å². The summed E-state index contributed by atoms with van der Waals surface area (Å²) in [6, 6.07) is 1.65. The molecule has 5 heteroatoms. The zero-order valence-corrected chi connectivity index (χ0v) is 10.4. The molecule has 0 atom stereocenters. The van der Waals surface area contributed by atoms with Crippen molar-refractivity contribution in [3.05, 3.63) is 28.7 Å². The fraction of sp³-hybridized carbons (Fsp3) is 0.417. The highest BCUT2D eigenvalue weighted by molar-refractivity contribution is 5.88. The molecule has 0 spiro atoms. The van der Waals surface area contributed by atoms with Crippen molar-refractivity contribution in [2.75, 3.05) is 6.61 Å². The van der Waals surface area contributed by atoms with E-state index in [1.165, 1.54) is 0 Å². The summed E-state index contributed by atoms with van der Waals surface area (Å²) in [5.41, 5.74) is 3.99. The highest BCUT2D eigenvalue weighted by Gasteiger charge is 2.14. The third-order valence-electron chi connectivity index (χ3n) is 2.86. The maximum absolute atomic E-state index is 11.6. The number of fused-ring (bicyclic) bond motifs is 1. The number of esters is 1. The minimum atomic E-state index is -0.410. The Bertz CT molecular complexity index is 587. The Labute approximate surface area is 99.4 Å². The number of aromatic nitrogens is 3. The average Bonchev–Trinajstić information content (AvgIpc) is 2.70. The normalized spacial score (nSPS) is 10.8. The van der Waals surface area contributed by atoms with Gasteiger partial charge in [-0.3, -0.25) is 0 Å². The van der Waals surface area contributed by atoms with Crippen LogP contribution in [0.5, 0.6) is 0 Å². The number of hydrogen-bond acceptors (Lipinski definition) is 4. The van der Waals surface area contributed by atoms with Gasteiger partial charge in [-0.1, -0.05) is 0 Å². The third kappa shape index (κ3) is 1.88. The van der Waals surface area contributed by atoms with E-state index in [1.807, 2.05) is 20.8 Å². The van der Waals surface area contributed by atoms with Crippen LogP contribution in [0.4, 0.5) is 0 Å². The van der Waals surface area contributed by atoms with Crippen molar-refractivity contribution in [1.29, 1.82) is 0 Å². The fourth-order valence-electron chi connectivity index (χ4n) is 1.68. The van der Waals surface area contributed by atoms with Gasteiger partial charge in [0.05, 0.1) is 6.61 Å². The average molecular weight is 233 g/mol. The first-order valence-corrected chi connectivity index (χ1v) is 5.55. The summed E-state index contributed by atoms with van der Waals surface area (Å²) in [4.78, 5) is 16.0. The van der Waals surface area contributed by atoms with E-state index in [9.17, 15) is 4.79 Å². The van der Waals surface area contributed by atoms with Crippen molar-refractivity contribution in [3.8, 4) is 0 Å². The Morgan fingerprint density at radius 1 is 1.41 bits per heavy atom. The van der Waals surface area contributed by atoms with E-state index in [0.717, 1.165) is 17.0 Å². The van der Waals surface area contributed by atoms with Crippen molar-refractivity contribution in [2.45, 2.75) is 27.7 Å². The molecular formula is C12H15N3O2. The third-order valence-corrected chi connectivity index (χ3v) is 2.86. The lowest BCUT2D eigenvalue weighted by Gasteiger charge is -2.05. The molecule has 0 radical (unpaired) electrons. The van der Waals surface area contributed by atoms with Crippen LogP contribution in [0.3, 0.4) is 0 Å². The second-order valence-electron chi connectivity index (χ2n) is 3.93. The highest BCUT2D eigenvalue weighted by Crippen LogP contribution is 2.14. The summed E-state index contributed by atoms with van der Waals surface area (Å²) >= 11 is 0. The summed E-state index contributed by atoms with van der Waals surface area (Å²) in [5.74, 6) is -0.410. The number of ether oxygens (including phenoxy) is 1. The minimum Gasteiger partial charge on any atom is -0.461 e. The van der Waals surface area contributed by atoms with Crippen LogP contribution in [-0.4, -0.2) is 27.2 Å². The summed E-state index contributed by atoms with van der Waals surface area (Å²) in [7, 11) is 0. The lowest BCUT2D eigenvalue weighted by molar-refractivity contribution is 0.0519. The van der Waals surface area contributed by atoms with Crippen molar-refractivity contribution in [1.82, 2.24) is 14.6 Å². The molecule has 5 nitrogen and oxygen atoms in total. The second-order valence-corrected chi connectivity index (χ2v) is 3.93. The van der Waals surface area contributed by atoms with Gasteiger partial charge in [-0.15, -0.1) is 0 Å². The molecule has 0 N–H and O–H groups in total. The van der Waals surface area contributed by atoms with Gasteiger partial charge in [0.1, 0.15) is 0 Å². The van der Waals surface area contributed by atoms with Crippen LogP contribution in [-0.2, 0) is 4.74 Å². The van der Waals surface area contributed by atoms with E-state index in [4.69, 9.17) is 4.74 Å². The minimum absolute atomic E-state index is 0.299. The Balaban J connectivity index is 2.58. The molecule has 2 aromatic heterocycles. The lowest BCUT2D eigenvalue weighted by Crippen LogP contribution is -2.06. The molecule has 0 saturated carbocycles. The molecule has 0 bridgehead atoms. The molecule has 0 fully saturated rings. The second kappa shape index (κ2) is 4.16. The number of carbonyl (C=O) groups is 1. The van der Waals surface area contributed by atoms with Gasteiger partial charge in [0.25, 0.3) is 0 Å². The van der Waals surface area contributed by atoms with E-state index >= 15 is 0 Å². The fourth-order valence-corrected chi connectivity index (χ4v) is 1.68. The summed E-state index contributed by atoms with van der Waals surface area (Å²) in [6.45, 7) is 8.00. The molecule has 2 heterocycles. The van der Waals surface area contributed by atoms with Crippen molar-refractivity contribution in [2.24, 2.45) is 0 Å². The lowest BCUT2D eigenvalue weighted by atomic mass is 10.2. The topological polar surface area (TPSA) is 56.5 Å². The van der Waals surface area contributed by atoms with E-state index in [-0.39, 0.29) is 0 Å². The van der Waals surface area contributed by atoms with Gasteiger partial charge in [-0.2, -0.15) is 5.10 Å². The standard InChI is InChI=1S/C12H15N3O2/c1-5-17-12(16)10-6-11-13-8(3)7(2)9(4)15(11)14-10/h6H,5H2,1-4H3. The van der Waals surface area contributed by atoms with Crippen LogP contribution in [0, 0.1) is 20.8 Å². The van der Waals surface area contributed by atoms with Crippen LogP contribution >= 0.6 is 0 Å². The molecule has 2 aromatic rings. The highest BCUT2D eigenvalue weighted by atomic mass is 16.5. The molecule has 17 heavy (non-hydrogen) atoms. The van der Waals surface area contributed by atoms with Crippen LogP contribution < -0.4 is 0 Å². The van der Waals surface area contributed by atoms with Crippen molar-refractivity contribution < 1.29 is 9.53 Å². The van der Waals surface area contributed by atoms with Gasteiger partial charge >= 0.3 is 5.97 Å². The molecule has 90 valence electrons. The molecule has 0 saturated heterocycles. The van der Waals surface area contributed by atoms with Gasteiger partial charge in [0.15, 0.2) is 11.3 Å². The molecule has 0 aliphatic heterocycles. The molecule has 0 aliphatic rings. The summed E-state index contributed by atoms with van der Waals surface area (Å²) < 4.78 is 6.59. The maximum atomic E-state index is 11.6. The Kier molecular flexibility index (Phi) is 2.83. The van der Waals surface area contributed by atoms with E-state index < -0.39 is 5.97 Å². The Hall–Kier alpha value is -1.91. The van der Waals surface area contributed by atoms with E-state index in [2.05, 4.69) is 10.1 Å². The molecule has 0 amide bonds. The quantitative estimate of drug-likeness (QED) is 0.742. The van der Waals surface area contributed by atoms with Crippen molar-refractivity contribution >= 4 is 11.6 Å². The van der Waals surface area contributed by atoms with Gasteiger partial charge in [0.2, 0.25) is 0 Å². The first-order chi connectivity index (χ1) is 8.04. The zero-order chi connectivity index (χ0) is 12.6. The summed E-state index contributed by atoms with van der Waals surface area (Å²) in [6.07, 6.45) is 0. The molecule has 0 aliphatic carbocycles. The van der Waals surface area contributed by atoms with Crippen molar-refractivity contribution in [3.63, 3.8) is 0 Å². The maximum Gasteiger partial charge on any atom is 0.358 e. The monoisotopic (exact) mass is 233 g/mol. The Morgan fingerprint density at radius 2 is 2.12 bits per heavy atom. The number of aryl methyl sites for hydroxylation is 2. The number of rotatable bonds is 2. The first-order valence-electron chi connectivity index (χ1n) is 5.55. The van der Waals surface area contributed by atoms with Crippen LogP contribution in [0.2, 0.25) is 0 Å². The zero-order valence-electron chi connectivity index (χ0n) is 10.4. The molecule has 0 aromatic carbocycles. The van der Waals surface area contributed by atoms with Gasteiger partial charge < -0.3 is 4.74 Å². The van der Waals surface area contributed by atoms with Crippen LogP contribution in [0.25, 0.3) is 5.65 Å². The molecule has 2 rings (SSSR count). The van der Waals surface area contributed by atoms with Gasteiger partial charge in [-0.05, 0) is 33.3 Å². The van der Waals surface area contributed by atoms with E-state index in [1.54, 1.807) is 17.5 Å². The first kappa shape index (κ1) is 11.6. The predicted molar refractivity (Wildman–Crippen MR) is 63.2 cm³/mol. The largest absolute Gasteiger partial charge is 0.461 e. The SMILES string of the molecule is CCOC(=O)c1cc2nc(C)c(C)c(C)n2n1. The number of hydrogen-bond donors (Lipinski definition) is 0.